The predicted octanol–water partition coefficient (Wildman–Crippen LogP) is 4.32. The van der Waals surface area contributed by atoms with Crippen molar-refractivity contribution in [2.75, 3.05) is 0 Å². The molecule has 18 heavy (non-hydrogen) atoms. The Balaban J connectivity index is 2.77. The summed E-state index contributed by atoms with van der Waals surface area (Å²) >= 11 is 6.32. The SMILES string of the molecule is Cc1ccc(C)c(-c2ccccc2C(=O)O)c1Cl. The lowest BCUT2D eigenvalue weighted by Crippen LogP contribution is -2.00. The molecule has 2 rings (SSSR count). The Morgan fingerprint density at radius 3 is 2.33 bits per heavy atom. The molecule has 0 saturated heterocycles. The van der Waals surface area contributed by atoms with E-state index in [9.17, 15) is 9.90 Å². The van der Waals surface area contributed by atoms with Gasteiger partial charge in [0.2, 0.25) is 0 Å². The van der Waals surface area contributed by atoms with Crippen LogP contribution in [0.3, 0.4) is 0 Å². The largest absolute Gasteiger partial charge is 0.478 e. The lowest BCUT2D eigenvalue weighted by Gasteiger charge is -2.13. The van der Waals surface area contributed by atoms with E-state index in [0.717, 1.165) is 16.7 Å². The summed E-state index contributed by atoms with van der Waals surface area (Å²) < 4.78 is 0. The molecule has 0 unspecified atom stereocenters. The molecule has 2 aromatic carbocycles. The minimum absolute atomic E-state index is 0.271. The standard InChI is InChI=1S/C15H13ClO2/c1-9-7-8-10(2)14(16)13(9)11-5-3-4-6-12(11)15(17)18/h3-8H,1-2H3,(H,17,18). The second kappa shape index (κ2) is 4.83. The summed E-state index contributed by atoms with van der Waals surface area (Å²) in [5, 5.41) is 9.85. The van der Waals surface area contributed by atoms with Crippen molar-refractivity contribution < 1.29 is 9.90 Å². The number of aromatic carboxylic acids is 1. The summed E-state index contributed by atoms with van der Waals surface area (Å²) in [6.45, 7) is 3.84. The number of aryl methyl sites for hydroxylation is 2. The summed E-state index contributed by atoms with van der Waals surface area (Å²) in [7, 11) is 0. The number of carbonyl (C=O) groups is 1. The molecule has 0 amide bonds. The first kappa shape index (κ1) is 12.7. The van der Waals surface area contributed by atoms with Crippen LogP contribution in [0.25, 0.3) is 11.1 Å². The van der Waals surface area contributed by atoms with E-state index in [0.29, 0.717) is 10.6 Å². The molecular formula is C15H13ClO2. The molecule has 0 aliphatic rings. The number of benzene rings is 2. The number of carboxylic acids is 1. The van der Waals surface area contributed by atoms with Gasteiger partial charge in [0.05, 0.1) is 10.6 Å². The fraction of sp³-hybridized carbons (Fsp3) is 0.133. The molecule has 0 fully saturated rings. The minimum Gasteiger partial charge on any atom is -0.478 e. The Kier molecular flexibility index (Phi) is 3.39. The molecule has 0 aliphatic heterocycles. The van der Waals surface area contributed by atoms with Crippen molar-refractivity contribution >= 4 is 17.6 Å². The molecular weight excluding hydrogens is 248 g/mol. The Labute approximate surface area is 111 Å². The zero-order valence-corrected chi connectivity index (χ0v) is 11.0. The van der Waals surface area contributed by atoms with Crippen LogP contribution in [0, 0.1) is 13.8 Å². The van der Waals surface area contributed by atoms with Gasteiger partial charge in [0.15, 0.2) is 0 Å². The Bertz CT molecular complexity index is 618. The van der Waals surface area contributed by atoms with Crippen LogP contribution < -0.4 is 0 Å². The van der Waals surface area contributed by atoms with Crippen LogP contribution in [0.5, 0.6) is 0 Å². The van der Waals surface area contributed by atoms with Gasteiger partial charge in [-0.05, 0) is 36.6 Å². The Morgan fingerprint density at radius 1 is 1.06 bits per heavy atom. The average molecular weight is 261 g/mol. The fourth-order valence-electron chi connectivity index (χ4n) is 2.00. The van der Waals surface area contributed by atoms with Gasteiger partial charge in [-0.3, -0.25) is 0 Å². The van der Waals surface area contributed by atoms with Gasteiger partial charge in [0.25, 0.3) is 0 Å². The molecule has 0 saturated carbocycles. The molecule has 2 aromatic rings. The zero-order valence-electron chi connectivity index (χ0n) is 10.2. The summed E-state index contributed by atoms with van der Waals surface area (Å²) in [5.41, 5.74) is 3.65. The summed E-state index contributed by atoms with van der Waals surface area (Å²) in [6, 6.07) is 10.8. The van der Waals surface area contributed by atoms with Crippen LogP contribution in [-0.4, -0.2) is 11.1 Å². The molecule has 3 heteroatoms. The fourth-order valence-corrected chi connectivity index (χ4v) is 2.31. The van der Waals surface area contributed by atoms with E-state index < -0.39 is 5.97 Å². The van der Waals surface area contributed by atoms with E-state index in [4.69, 9.17) is 11.6 Å². The van der Waals surface area contributed by atoms with E-state index in [-0.39, 0.29) is 5.56 Å². The van der Waals surface area contributed by atoms with Gasteiger partial charge >= 0.3 is 5.97 Å². The number of halogens is 1. The summed E-state index contributed by atoms with van der Waals surface area (Å²) in [5.74, 6) is -0.942. The molecule has 0 aliphatic carbocycles. The van der Waals surface area contributed by atoms with Crippen LogP contribution in [0.4, 0.5) is 0 Å². The van der Waals surface area contributed by atoms with Crippen molar-refractivity contribution in [3.05, 3.63) is 58.1 Å². The first-order valence-electron chi connectivity index (χ1n) is 5.60. The topological polar surface area (TPSA) is 37.3 Å². The van der Waals surface area contributed by atoms with Crippen molar-refractivity contribution in [3.63, 3.8) is 0 Å². The molecule has 0 aromatic heterocycles. The van der Waals surface area contributed by atoms with Gasteiger partial charge in [-0.2, -0.15) is 0 Å². The molecule has 92 valence electrons. The number of carboxylic acid groups (broad SMARTS) is 1. The highest BCUT2D eigenvalue weighted by molar-refractivity contribution is 6.34. The van der Waals surface area contributed by atoms with E-state index in [1.165, 1.54) is 0 Å². The maximum absolute atomic E-state index is 11.3. The molecule has 0 bridgehead atoms. The van der Waals surface area contributed by atoms with E-state index in [2.05, 4.69) is 0 Å². The second-order valence-electron chi connectivity index (χ2n) is 4.24. The lowest BCUT2D eigenvalue weighted by molar-refractivity contribution is 0.0698. The third-order valence-corrected chi connectivity index (χ3v) is 3.46. The Hall–Kier alpha value is -1.80. The molecule has 0 spiro atoms. The predicted molar refractivity (Wildman–Crippen MR) is 73.3 cm³/mol. The van der Waals surface area contributed by atoms with Crippen molar-refractivity contribution in [3.8, 4) is 11.1 Å². The third-order valence-electron chi connectivity index (χ3n) is 2.97. The van der Waals surface area contributed by atoms with Crippen molar-refractivity contribution in [1.29, 1.82) is 0 Å². The van der Waals surface area contributed by atoms with Crippen LogP contribution in [0.15, 0.2) is 36.4 Å². The van der Waals surface area contributed by atoms with Crippen molar-refractivity contribution in [2.45, 2.75) is 13.8 Å². The monoisotopic (exact) mass is 260 g/mol. The zero-order chi connectivity index (χ0) is 13.3. The van der Waals surface area contributed by atoms with Crippen LogP contribution in [0.2, 0.25) is 5.02 Å². The third kappa shape index (κ3) is 2.12. The molecule has 0 atom stereocenters. The second-order valence-corrected chi connectivity index (χ2v) is 4.62. The van der Waals surface area contributed by atoms with Gasteiger partial charge in [0.1, 0.15) is 0 Å². The maximum Gasteiger partial charge on any atom is 0.336 e. The van der Waals surface area contributed by atoms with Gasteiger partial charge in [-0.1, -0.05) is 41.9 Å². The smallest absolute Gasteiger partial charge is 0.336 e. The van der Waals surface area contributed by atoms with Crippen molar-refractivity contribution in [1.82, 2.24) is 0 Å². The van der Waals surface area contributed by atoms with Crippen LogP contribution >= 0.6 is 11.6 Å². The number of hydrogen-bond donors (Lipinski definition) is 1. The highest BCUT2D eigenvalue weighted by atomic mass is 35.5. The quantitative estimate of drug-likeness (QED) is 0.873. The highest BCUT2D eigenvalue weighted by Gasteiger charge is 2.16. The van der Waals surface area contributed by atoms with Crippen LogP contribution in [0.1, 0.15) is 21.5 Å². The molecule has 1 N–H and O–H groups in total. The van der Waals surface area contributed by atoms with E-state index in [1.54, 1.807) is 18.2 Å². The average Bonchev–Trinajstić information content (AvgIpc) is 2.35. The molecule has 0 radical (unpaired) electrons. The summed E-state index contributed by atoms with van der Waals surface area (Å²) in [6.07, 6.45) is 0. The van der Waals surface area contributed by atoms with Gasteiger partial charge in [0, 0.05) is 5.56 Å². The number of hydrogen-bond acceptors (Lipinski definition) is 1. The lowest BCUT2D eigenvalue weighted by atomic mass is 9.94. The van der Waals surface area contributed by atoms with Crippen LogP contribution in [-0.2, 0) is 0 Å². The number of rotatable bonds is 2. The van der Waals surface area contributed by atoms with Gasteiger partial charge in [-0.25, -0.2) is 4.79 Å². The maximum atomic E-state index is 11.3. The van der Waals surface area contributed by atoms with E-state index in [1.807, 2.05) is 32.0 Å². The molecule has 0 heterocycles. The first-order chi connectivity index (χ1) is 8.52. The normalized spacial score (nSPS) is 10.4. The molecule has 2 nitrogen and oxygen atoms in total. The first-order valence-corrected chi connectivity index (χ1v) is 5.98. The van der Waals surface area contributed by atoms with Gasteiger partial charge < -0.3 is 5.11 Å². The highest BCUT2D eigenvalue weighted by Crippen LogP contribution is 2.35. The summed E-state index contributed by atoms with van der Waals surface area (Å²) in [4.78, 5) is 11.3. The van der Waals surface area contributed by atoms with Gasteiger partial charge in [-0.15, -0.1) is 0 Å². The Morgan fingerprint density at radius 2 is 1.67 bits per heavy atom. The minimum atomic E-state index is -0.942. The van der Waals surface area contributed by atoms with E-state index >= 15 is 0 Å². The van der Waals surface area contributed by atoms with Crippen molar-refractivity contribution in [2.24, 2.45) is 0 Å².